The molecule has 0 heterocycles. The number of anilines is 2. The Morgan fingerprint density at radius 3 is 2.53 bits per heavy atom. The Labute approximate surface area is 104 Å². The summed E-state index contributed by atoms with van der Waals surface area (Å²) in [6, 6.07) is 4.79. The SMILES string of the molecule is C=C(O)/C=C(/Oc1cc(N)ccc1N)C(=C)Cl. The summed E-state index contributed by atoms with van der Waals surface area (Å²) in [7, 11) is 0. The van der Waals surface area contributed by atoms with Crippen molar-refractivity contribution in [1.82, 2.24) is 0 Å². The molecule has 0 bridgehead atoms. The van der Waals surface area contributed by atoms with Gasteiger partial charge in [-0.1, -0.05) is 24.8 Å². The van der Waals surface area contributed by atoms with Crippen LogP contribution < -0.4 is 16.2 Å². The lowest BCUT2D eigenvalue weighted by Crippen LogP contribution is -2.00. The Balaban J connectivity index is 3.06. The maximum absolute atomic E-state index is 9.07. The molecule has 5 heteroatoms. The number of aliphatic hydroxyl groups is 1. The second-order valence-corrected chi connectivity index (χ2v) is 3.76. The van der Waals surface area contributed by atoms with Gasteiger partial charge in [0.25, 0.3) is 0 Å². The highest BCUT2D eigenvalue weighted by Gasteiger charge is 2.07. The fourth-order valence-corrected chi connectivity index (χ4v) is 1.17. The van der Waals surface area contributed by atoms with E-state index in [1.807, 2.05) is 0 Å². The van der Waals surface area contributed by atoms with E-state index in [0.29, 0.717) is 17.1 Å². The average Bonchev–Trinajstić information content (AvgIpc) is 2.21. The Morgan fingerprint density at radius 2 is 2.00 bits per heavy atom. The largest absolute Gasteiger partial charge is 0.508 e. The van der Waals surface area contributed by atoms with Crippen LogP contribution in [0.15, 0.2) is 54.0 Å². The van der Waals surface area contributed by atoms with E-state index in [2.05, 4.69) is 13.2 Å². The number of allylic oxidation sites excluding steroid dienone is 2. The first-order valence-corrected chi connectivity index (χ1v) is 5.05. The summed E-state index contributed by atoms with van der Waals surface area (Å²) >= 11 is 5.72. The van der Waals surface area contributed by atoms with Gasteiger partial charge >= 0.3 is 0 Å². The number of aliphatic hydroxyl groups excluding tert-OH is 1. The molecule has 0 saturated heterocycles. The quantitative estimate of drug-likeness (QED) is 0.437. The van der Waals surface area contributed by atoms with E-state index in [0.717, 1.165) is 0 Å². The van der Waals surface area contributed by atoms with Crippen molar-refractivity contribution in [3.05, 3.63) is 54.0 Å². The van der Waals surface area contributed by atoms with Gasteiger partial charge in [-0.05, 0) is 12.1 Å². The molecule has 0 fully saturated rings. The summed E-state index contributed by atoms with van der Waals surface area (Å²) in [5, 5.41) is 9.18. The van der Waals surface area contributed by atoms with E-state index >= 15 is 0 Å². The first kappa shape index (κ1) is 13.0. The van der Waals surface area contributed by atoms with E-state index in [4.69, 9.17) is 32.9 Å². The van der Waals surface area contributed by atoms with Gasteiger partial charge in [-0.15, -0.1) is 0 Å². The number of hydrogen-bond acceptors (Lipinski definition) is 4. The summed E-state index contributed by atoms with van der Waals surface area (Å²) in [5.41, 5.74) is 12.2. The van der Waals surface area contributed by atoms with Crippen molar-refractivity contribution in [3.8, 4) is 5.75 Å². The van der Waals surface area contributed by atoms with Crippen LogP contribution in [0, 0.1) is 0 Å². The molecule has 0 aromatic heterocycles. The van der Waals surface area contributed by atoms with Crippen LogP contribution in [-0.2, 0) is 0 Å². The third kappa shape index (κ3) is 3.77. The molecule has 0 radical (unpaired) electrons. The first-order valence-electron chi connectivity index (χ1n) is 4.67. The molecule has 0 atom stereocenters. The molecule has 1 aromatic rings. The minimum absolute atomic E-state index is 0.113. The molecular formula is C12H13ClN2O2. The number of halogens is 1. The van der Waals surface area contributed by atoms with Gasteiger partial charge in [0.2, 0.25) is 0 Å². The Hall–Kier alpha value is -2.07. The number of ether oxygens (including phenoxy) is 1. The van der Waals surface area contributed by atoms with Gasteiger partial charge in [0.1, 0.15) is 11.5 Å². The zero-order chi connectivity index (χ0) is 13.0. The van der Waals surface area contributed by atoms with Crippen LogP contribution in [0.2, 0.25) is 0 Å². The van der Waals surface area contributed by atoms with Crippen LogP contribution in [0.4, 0.5) is 11.4 Å². The average molecular weight is 253 g/mol. The highest BCUT2D eigenvalue weighted by Crippen LogP contribution is 2.28. The summed E-state index contributed by atoms with van der Waals surface area (Å²) in [6.45, 7) is 6.81. The van der Waals surface area contributed by atoms with Crippen LogP contribution in [0.5, 0.6) is 5.75 Å². The molecule has 0 aliphatic heterocycles. The monoisotopic (exact) mass is 252 g/mol. The topological polar surface area (TPSA) is 81.5 Å². The molecule has 90 valence electrons. The van der Waals surface area contributed by atoms with E-state index in [-0.39, 0.29) is 16.6 Å². The van der Waals surface area contributed by atoms with E-state index in [1.54, 1.807) is 18.2 Å². The molecule has 1 rings (SSSR count). The van der Waals surface area contributed by atoms with Gasteiger partial charge in [0, 0.05) is 17.8 Å². The van der Waals surface area contributed by atoms with Crippen molar-refractivity contribution in [2.24, 2.45) is 0 Å². The van der Waals surface area contributed by atoms with Crippen molar-refractivity contribution in [1.29, 1.82) is 0 Å². The van der Waals surface area contributed by atoms with Gasteiger partial charge in [-0.3, -0.25) is 0 Å². The Kier molecular flexibility index (Phi) is 4.06. The standard InChI is InChI=1S/C12H13ClN2O2/c1-7(16)5-11(8(2)13)17-12-6-9(14)3-4-10(12)15/h3-6,16H,1-2,14-15H2/b11-5+. The minimum Gasteiger partial charge on any atom is -0.508 e. The summed E-state index contributed by atoms with van der Waals surface area (Å²) in [4.78, 5) is 0. The number of hydrogen-bond donors (Lipinski definition) is 3. The maximum Gasteiger partial charge on any atom is 0.152 e. The fourth-order valence-electron chi connectivity index (χ4n) is 1.07. The van der Waals surface area contributed by atoms with Crippen molar-refractivity contribution in [2.75, 3.05) is 11.5 Å². The molecule has 0 aliphatic carbocycles. The van der Waals surface area contributed by atoms with Crippen LogP contribution in [0.3, 0.4) is 0 Å². The molecule has 5 N–H and O–H groups in total. The van der Waals surface area contributed by atoms with Crippen LogP contribution in [0.1, 0.15) is 0 Å². The van der Waals surface area contributed by atoms with Gasteiger partial charge in [0.05, 0.1) is 10.7 Å². The van der Waals surface area contributed by atoms with Gasteiger partial charge in [-0.25, -0.2) is 0 Å². The fraction of sp³-hybridized carbons (Fsp3) is 0. The summed E-state index contributed by atoms with van der Waals surface area (Å²) in [6.07, 6.45) is 1.23. The minimum atomic E-state index is -0.204. The van der Waals surface area contributed by atoms with Gasteiger partial charge in [0.15, 0.2) is 5.75 Å². The number of nitrogens with two attached hydrogens (primary N) is 2. The van der Waals surface area contributed by atoms with E-state index in [9.17, 15) is 0 Å². The molecular weight excluding hydrogens is 240 g/mol. The Morgan fingerprint density at radius 1 is 1.35 bits per heavy atom. The predicted octanol–water partition coefficient (Wildman–Crippen LogP) is 2.94. The maximum atomic E-state index is 9.07. The Bertz CT molecular complexity index is 495. The number of benzene rings is 1. The van der Waals surface area contributed by atoms with Crippen LogP contribution in [-0.4, -0.2) is 5.11 Å². The highest BCUT2D eigenvalue weighted by atomic mass is 35.5. The number of nitrogen functional groups attached to an aromatic ring is 2. The van der Waals surface area contributed by atoms with Gasteiger partial charge in [-0.2, -0.15) is 0 Å². The number of rotatable bonds is 4. The zero-order valence-electron chi connectivity index (χ0n) is 9.11. The first-order chi connectivity index (χ1) is 7.90. The molecule has 1 aromatic carbocycles. The van der Waals surface area contributed by atoms with Crippen molar-refractivity contribution >= 4 is 23.0 Å². The molecule has 0 amide bonds. The summed E-state index contributed by atoms with van der Waals surface area (Å²) < 4.78 is 5.40. The predicted molar refractivity (Wildman–Crippen MR) is 70.7 cm³/mol. The third-order valence-electron chi connectivity index (χ3n) is 1.82. The van der Waals surface area contributed by atoms with Crippen molar-refractivity contribution in [3.63, 3.8) is 0 Å². The van der Waals surface area contributed by atoms with Crippen LogP contribution >= 0.6 is 11.6 Å². The van der Waals surface area contributed by atoms with E-state index < -0.39 is 0 Å². The smallest absolute Gasteiger partial charge is 0.152 e. The molecule has 0 saturated carbocycles. The molecule has 0 unspecified atom stereocenters. The van der Waals surface area contributed by atoms with Crippen molar-refractivity contribution < 1.29 is 9.84 Å². The van der Waals surface area contributed by atoms with Crippen molar-refractivity contribution in [2.45, 2.75) is 0 Å². The lowest BCUT2D eigenvalue weighted by atomic mass is 10.2. The molecule has 17 heavy (non-hydrogen) atoms. The zero-order valence-corrected chi connectivity index (χ0v) is 9.87. The van der Waals surface area contributed by atoms with Gasteiger partial charge < -0.3 is 21.3 Å². The normalized spacial score (nSPS) is 11.0. The van der Waals surface area contributed by atoms with E-state index in [1.165, 1.54) is 6.08 Å². The van der Waals surface area contributed by atoms with Crippen LogP contribution in [0.25, 0.3) is 0 Å². The molecule has 0 spiro atoms. The highest BCUT2D eigenvalue weighted by molar-refractivity contribution is 6.31. The summed E-state index contributed by atoms with van der Waals surface area (Å²) in [5.74, 6) is 0.278. The second-order valence-electron chi connectivity index (χ2n) is 3.30. The molecule has 4 nitrogen and oxygen atoms in total. The lowest BCUT2D eigenvalue weighted by molar-refractivity contribution is 0.413. The second kappa shape index (κ2) is 5.32. The lowest BCUT2D eigenvalue weighted by Gasteiger charge is -2.11. The third-order valence-corrected chi connectivity index (χ3v) is 2.01. The molecule has 0 aliphatic rings.